The smallest absolute Gasteiger partial charge is 0.409 e. The van der Waals surface area contributed by atoms with Gasteiger partial charge in [0, 0.05) is 26.2 Å². The molecule has 0 unspecified atom stereocenters. The number of amides is 1. The van der Waals surface area contributed by atoms with Crippen molar-refractivity contribution in [1.82, 2.24) is 9.21 Å². The second-order valence-electron chi connectivity index (χ2n) is 5.20. The fourth-order valence-electron chi connectivity index (χ4n) is 2.52. The fraction of sp³-hybridized carbons (Fsp3) is 0.533. The van der Waals surface area contributed by atoms with E-state index >= 15 is 0 Å². The number of carbonyl (C=O) groups excluding carboxylic acids is 1. The van der Waals surface area contributed by atoms with Gasteiger partial charge in [0.25, 0.3) is 0 Å². The maximum atomic E-state index is 12.9. The molecule has 1 fully saturated rings. The quantitative estimate of drug-likeness (QED) is 0.825. The van der Waals surface area contributed by atoms with Crippen molar-refractivity contribution in [3.05, 3.63) is 23.8 Å². The molecule has 1 aromatic rings. The third-order valence-corrected chi connectivity index (χ3v) is 5.85. The Kier molecular flexibility index (Phi) is 5.48. The van der Waals surface area contributed by atoms with E-state index in [1.54, 1.807) is 12.1 Å². The number of carbonyl (C=O) groups is 1. The monoisotopic (exact) mass is 342 g/mol. The average Bonchev–Trinajstić information content (AvgIpc) is 2.60. The predicted octanol–water partition coefficient (Wildman–Crippen LogP) is 1.33. The molecule has 0 spiro atoms. The van der Waals surface area contributed by atoms with Crippen LogP contribution in [0.3, 0.4) is 0 Å². The molecule has 0 saturated carbocycles. The Morgan fingerprint density at radius 3 is 2.35 bits per heavy atom. The molecule has 0 atom stereocenters. The lowest BCUT2D eigenvalue weighted by Crippen LogP contribution is -2.50. The number of nitrogens with zero attached hydrogens (tertiary/aromatic N) is 2. The van der Waals surface area contributed by atoms with E-state index < -0.39 is 16.1 Å². The molecule has 0 aromatic heterocycles. The molecule has 1 amide bonds. The number of rotatable bonds is 4. The molecular formula is C15H22N2O5S. The lowest BCUT2D eigenvalue weighted by molar-refractivity contribution is 0.108. The Labute approximate surface area is 136 Å². The molecule has 0 N–H and O–H groups in total. The highest BCUT2D eigenvalue weighted by Crippen LogP contribution is 2.28. The van der Waals surface area contributed by atoms with Crippen LogP contribution in [0.25, 0.3) is 0 Å². The summed E-state index contributed by atoms with van der Waals surface area (Å²) < 4.78 is 37.0. The van der Waals surface area contributed by atoms with Gasteiger partial charge in [-0.1, -0.05) is 13.0 Å². The molecule has 1 aliphatic rings. The minimum atomic E-state index is -3.66. The average molecular weight is 342 g/mol. The molecule has 128 valence electrons. The molecule has 0 radical (unpaired) electrons. The molecule has 1 saturated heterocycles. The van der Waals surface area contributed by atoms with Gasteiger partial charge in [0.2, 0.25) is 10.0 Å². The van der Waals surface area contributed by atoms with E-state index in [2.05, 4.69) is 4.74 Å². The van der Waals surface area contributed by atoms with Gasteiger partial charge in [0.05, 0.1) is 14.2 Å². The number of benzene rings is 1. The van der Waals surface area contributed by atoms with Gasteiger partial charge in [-0.3, -0.25) is 0 Å². The number of aryl methyl sites for hydroxylation is 1. The van der Waals surface area contributed by atoms with Crippen molar-refractivity contribution < 1.29 is 22.7 Å². The summed E-state index contributed by atoms with van der Waals surface area (Å²) in [5, 5.41) is 0. The van der Waals surface area contributed by atoms with Gasteiger partial charge >= 0.3 is 6.09 Å². The van der Waals surface area contributed by atoms with E-state index in [-0.39, 0.29) is 18.0 Å². The Balaban J connectivity index is 2.24. The summed E-state index contributed by atoms with van der Waals surface area (Å²) in [5.74, 6) is 0.331. The first-order chi connectivity index (χ1) is 10.9. The molecule has 23 heavy (non-hydrogen) atoms. The van der Waals surface area contributed by atoms with Gasteiger partial charge < -0.3 is 14.4 Å². The van der Waals surface area contributed by atoms with Crippen molar-refractivity contribution >= 4 is 16.1 Å². The van der Waals surface area contributed by atoms with Gasteiger partial charge in [0.15, 0.2) is 0 Å². The van der Waals surface area contributed by atoms with Crippen LogP contribution in [0, 0.1) is 0 Å². The fourth-order valence-corrected chi connectivity index (χ4v) is 4.15. The highest BCUT2D eigenvalue weighted by atomic mass is 32.2. The summed E-state index contributed by atoms with van der Waals surface area (Å²) in [4.78, 5) is 13.2. The molecule has 1 heterocycles. The normalized spacial score (nSPS) is 16.2. The molecule has 1 aliphatic heterocycles. The van der Waals surface area contributed by atoms with Gasteiger partial charge in [0.1, 0.15) is 10.6 Å². The molecule has 0 bridgehead atoms. The second-order valence-corrected chi connectivity index (χ2v) is 7.11. The van der Waals surface area contributed by atoms with Gasteiger partial charge in [-0.05, 0) is 24.1 Å². The summed E-state index contributed by atoms with van der Waals surface area (Å²) in [7, 11) is -0.898. The minimum absolute atomic E-state index is 0.172. The largest absolute Gasteiger partial charge is 0.495 e. The van der Waals surface area contributed by atoms with Crippen LogP contribution >= 0.6 is 0 Å². The van der Waals surface area contributed by atoms with Gasteiger partial charge in [-0.15, -0.1) is 0 Å². The number of piperazine rings is 1. The number of methoxy groups -OCH3 is 2. The van der Waals surface area contributed by atoms with E-state index in [4.69, 9.17) is 4.74 Å². The molecule has 1 aromatic carbocycles. The molecule has 2 rings (SSSR count). The zero-order valence-corrected chi connectivity index (χ0v) is 14.4. The third kappa shape index (κ3) is 3.59. The third-order valence-electron chi connectivity index (χ3n) is 3.93. The second kappa shape index (κ2) is 7.18. The lowest BCUT2D eigenvalue weighted by atomic mass is 10.2. The first-order valence-electron chi connectivity index (χ1n) is 7.44. The number of sulfonamides is 1. The van der Waals surface area contributed by atoms with Crippen LogP contribution in [0.5, 0.6) is 5.75 Å². The van der Waals surface area contributed by atoms with E-state index in [0.717, 1.165) is 12.0 Å². The maximum Gasteiger partial charge on any atom is 0.409 e. The zero-order valence-electron chi connectivity index (χ0n) is 13.6. The molecule has 7 nitrogen and oxygen atoms in total. The van der Waals surface area contributed by atoms with E-state index in [0.29, 0.717) is 18.8 Å². The van der Waals surface area contributed by atoms with Crippen LogP contribution < -0.4 is 4.74 Å². The van der Waals surface area contributed by atoms with Crippen LogP contribution in [0.2, 0.25) is 0 Å². The number of hydrogen-bond donors (Lipinski definition) is 0. The van der Waals surface area contributed by atoms with Crippen LogP contribution in [0.15, 0.2) is 23.1 Å². The van der Waals surface area contributed by atoms with Crippen LogP contribution in [-0.4, -0.2) is 64.1 Å². The van der Waals surface area contributed by atoms with Crippen molar-refractivity contribution in [3.63, 3.8) is 0 Å². The highest BCUT2D eigenvalue weighted by Gasteiger charge is 2.32. The van der Waals surface area contributed by atoms with Crippen molar-refractivity contribution in [2.24, 2.45) is 0 Å². The van der Waals surface area contributed by atoms with E-state index in [9.17, 15) is 13.2 Å². The van der Waals surface area contributed by atoms with Crippen molar-refractivity contribution in [1.29, 1.82) is 0 Å². The van der Waals surface area contributed by atoms with Gasteiger partial charge in [-0.25, -0.2) is 13.2 Å². The summed E-state index contributed by atoms with van der Waals surface area (Å²) in [6.45, 7) is 3.05. The molecular weight excluding hydrogens is 320 g/mol. The van der Waals surface area contributed by atoms with E-state index in [1.165, 1.54) is 23.4 Å². The minimum Gasteiger partial charge on any atom is -0.495 e. The maximum absolute atomic E-state index is 12.9. The van der Waals surface area contributed by atoms with Crippen LogP contribution in [0.4, 0.5) is 4.79 Å². The topological polar surface area (TPSA) is 76.2 Å². The van der Waals surface area contributed by atoms with Crippen LogP contribution in [-0.2, 0) is 21.2 Å². The standard InChI is InChI=1S/C15H22N2O5S/c1-4-12-5-6-13(21-2)14(11-12)23(19,20)17-9-7-16(8-10-17)15(18)22-3/h5-6,11H,4,7-10H2,1-3H3. The highest BCUT2D eigenvalue weighted by molar-refractivity contribution is 7.89. The van der Waals surface area contributed by atoms with Crippen LogP contribution in [0.1, 0.15) is 12.5 Å². The van der Waals surface area contributed by atoms with Gasteiger partial charge in [-0.2, -0.15) is 4.31 Å². The SMILES string of the molecule is CCc1ccc(OC)c(S(=O)(=O)N2CCN(C(=O)OC)CC2)c1. The Morgan fingerprint density at radius 1 is 1.17 bits per heavy atom. The predicted molar refractivity (Wildman–Crippen MR) is 85.1 cm³/mol. The van der Waals surface area contributed by atoms with Crippen molar-refractivity contribution in [2.45, 2.75) is 18.2 Å². The number of hydrogen-bond acceptors (Lipinski definition) is 5. The summed E-state index contributed by atoms with van der Waals surface area (Å²) in [5.41, 5.74) is 0.928. The first-order valence-corrected chi connectivity index (χ1v) is 8.88. The van der Waals surface area contributed by atoms with E-state index in [1.807, 2.05) is 13.0 Å². The Bertz CT molecular complexity index is 666. The summed E-state index contributed by atoms with van der Waals surface area (Å²) in [6, 6.07) is 5.18. The first kappa shape index (κ1) is 17.6. The summed E-state index contributed by atoms with van der Waals surface area (Å²) in [6.07, 6.45) is 0.301. The number of ether oxygens (including phenoxy) is 2. The van der Waals surface area contributed by atoms with Crippen molar-refractivity contribution in [2.75, 3.05) is 40.4 Å². The zero-order chi connectivity index (χ0) is 17.0. The molecule has 0 aliphatic carbocycles. The van der Waals surface area contributed by atoms with Crippen molar-refractivity contribution in [3.8, 4) is 5.75 Å². The molecule has 8 heteroatoms. The Morgan fingerprint density at radius 2 is 1.83 bits per heavy atom. The lowest BCUT2D eigenvalue weighted by Gasteiger charge is -2.33. The Hall–Kier alpha value is -1.80. The summed E-state index contributed by atoms with van der Waals surface area (Å²) >= 11 is 0.